The van der Waals surface area contributed by atoms with Crippen molar-refractivity contribution < 1.29 is 9.59 Å². The Bertz CT molecular complexity index is 878. The quantitative estimate of drug-likeness (QED) is 0.814. The molecule has 0 saturated carbocycles. The first-order chi connectivity index (χ1) is 14.5. The van der Waals surface area contributed by atoms with E-state index in [9.17, 15) is 9.59 Å². The van der Waals surface area contributed by atoms with Crippen LogP contribution in [0.1, 0.15) is 49.7 Å². The standard InChI is InChI=1S/C24H30N4O2/c1-3-17(2)23(29)27-12-10-20(14-27)18-6-8-22(9-7-18)26-24(30)28-15-21(16-28)19-5-4-11-25-13-19/h4-9,11,13,17,20-21H,3,10,12,14-16H2,1-2H3,(H,26,30)/t17-,20?/m0/s1. The highest BCUT2D eigenvalue weighted by atomic mass is 16.2. The van der Waals surface area contributed by atoms with Crippen LogP contribution in [-0.2, 0) is 4.79 Å². The Morgan fingerprint density at radius 3 is 2.47 bits per heavy atom. The largest absolute Gasteiger partial charge is 0.342 e. The lowest BCUT2D eigenvalue weighted by molar-refractivity contribution is -0.134. The second kappa shape index (κ2) is 8.86. The molecule has 30 heavy (non-hydrogen) atoms. The van der Waals surface area contributed by atoms with Crippen molar-refractivity contribution in [1.82, 2.24) is 14.8 Å². The Labute approximate surface area is 178 Å². The molecule has 3 amide bonds. The van der Waals surface area contributed by atoms with E-state index in [1.165, 1.54) is 11.1 Å². The summed E-state index contributed by atoms with van der Waals surface area (Å²) in [5.74, 6) is 1.11. The van der Waals surface area contributed by atoms with Gasteiger partial charge in [0.1, 0.15) is 0 Å². The second-order valence-electron chi connectivity index (χ2n) is 8.52. The van der Waals surface area contributed by atoms with Gasteiger partial charge in [-0.15, -0.1) is 0 Å². The number of nitrogens with one attached hydrogen (secondary N) is 1. The highest BCUT2D eigenvalue weighted by Crippen LogP contribution is 2.30. The molecule has 2 aromatic rings. The number of carbonyl (C=O) groups is 2. The number of hydrogen-bond donors (Lipinski definition) is 1. The molecule has 2 aliphatic heterocycles. The van der Waals surface area contributed by atoms with Crippen molar-refractivity contribution in [3.8, 4) is 0 Å². The van der Waals surface area contributed by atoms with Crippen molar-refractivity contribution in [2.75, 3.05) is 31.5 Å². The van der Waals surface area contributed by atoms with Crippen molar-refractivity contribution in [2.24, 2.45) is 5.92 Å². The number of likely N-dealkylation sites (tertiary alicyclic amines) is 2. The summed E-state index contributed by atoms with van der Waals surface area (Å²) >= 11 is 0. The number of anilines is 1. The average molecular weight is 407 g/mol. The zero-order chi connectivity index (χ0) is 21.1. The number of hydrogen-bond acceptors (Lipinski definition) is 3. The Morgan fingerprint density at radius 1 is 1.07 bits per heavy atom. The van der Waals surface area contributed by atoms with Crippen LogP contribution in [0.4, 0.5) is 10.5 Å². The summed E-state index contributed by atoms with van der Waals surface area (Å²) in [7, 11) is 0. The maximum Gasteiger partial charge on any atom is 0.321 e. The molecule has 1 unspecified atom stereocenters. The van der Waals surface area contributed by atoms with Crippen LogP contribution in [0.25, 0.3) is 0 Å². The van der Waals surface area contributed by atoms with Crippen molar-refractivity contribution in [3.05, 3.63) is 59.9 Å². The molecular formula is C24H30N4O2. The molecule has 4 rings (SSSR count). The molecule has 1 aromatic heterocycles. The van der Waals surface area contributed by atoms with E-state index in [0.29, 0.717) is 11.8 Å². The summed E-state index contributed by atoms with van der Waals surface area (Å²) in [6, 6.07) is 12.0. The molecule has 2 aliphatic rings. The molecule has 2 fully saturated rings. The van der Waals surface area contributed by atoms with Crippen LogP contribution in [0.3, 0.4) is 0 Å². The first kappa shape index (κ1) is 20.4. The molecule has 6 heteroatoms. The number of benzene rings is 1. The highest BCUT2D eigenvalue weighted by Gasteiger charge is 2.32. The fourth-order valence-corrected chi connectivity index (χ4v) is 4.23. The first-order valence-corrected chi connectivity index (χ1v) is 10.9. The number of aromatic nitrogens is 1. The summed E-state index contributed by atoms with van der Waals surface area (Å²) in [5.41, 5.74) is 3.22. The first-order valence-electron chi connectivity index (χ1n) is 10.9. The number of rotatable bonds is 5. The van der Waals surface area contributed by atoms with Gasteiger partial charge in [-0.3, -0.25) is 9.78 Å². The van der Waals surface area contributed by atoms with Gasteiger partial charge < -0.3 is 15.1 Å². The van der Waals surface area contributed by atoms with E-state index < -0.39 is 0 Å². The van der Waals surface area contributed by atoms with E-state index in [0.717, 1.165) is 44.7 Å². The second-order valence-corrected chi connectivity index (χ2v) is 8.52. The van der Waals surface area contributed by atoms with E-state index in [1.54, 1.807) is 6.20 Å². The van der Waals surface area contributed by atoms with Gasteiger partial charge in [-0.05, 0) is 42.2 Å². The van der Waals surface area contributed by atoms with Crippen LogP contribution in [0.5, 0.6) is 0 Å². The van der Waals surface area contributed by atoms with Crippen molar-refractivity contribution in [2.45, 2.75) is 38.5 Å². The van der Waals surface area contributed by atoms with Crippen LogP contribution in [-0.4, -0.2) is 52.9 Å². The summed E-state index contributed by atoms with van der Waals surface area (Å²) in [4.78, 5) is 32.9. The predicted molar refractivity (Wildman–Crippen MR) is 117 cm³/mol. The van der Waals surface area contributed by atoms with Gasteiger partial charge in [-0.1, -0.05) is 32.0 Å². The van der Waals surface area contributed by atoms with Gasteiger partial charge in [0.2, 0.25) is 5.91 Å². The topological polar surface area (TPSA) is 65.5 Å². The molecule has 2 saturated heterocycles. The lowest BCUT2D eigenvalue weighted by atomic mass is 9.93. The average Bonchev–Trinajstić information content (AvgIpc) is 3.23. The zero-order valence-electron chi connectivity index (χ0n) is 17.8. The maximum absolute atomic E-state index is 12.5. The number of carbonyl (C=O) groups excluding carboxylic acids is 2. The van der Waals surface area contributed by atoms with Gasteiger partial charge in [-0.25, -0.2) is 4.79 Å². The van der Waals surface area contributed by atoms with Gasteiger partial charge in [-0.2, -0.15) is 0 Å². The predicted octanol–water partition coefficient (Wildman–Crippen LogP) is 4.07. The fourth-order valence-electron chi connectivity index (χ4n) is 4.23. The van der Waals surface area contributed by atoms with Crippen molar-refractivity contribution in [1.29, 1.82) is 0 Å². The summed E-state index contributed by atoms with van der Waals surface area (Å²) in [6.07, 6.45) is 5.52. The Kier molecular flexibility index (Phi) is 6.02. The molecule has 1 aromatic carbocycles. The molecule has 0 radical (unpaired) electrons. The van der Waals surface area contributed by atoms with Gasteiger partial charge in [0, 0.05) is 62.0 Å². The van der Waals surface area contributed by atoms with E-state index in [2.05, 4.69) is 35.4 Å². The number of pyridine rings is 1. The van der Waals surface area contributed by atoms with Crippen molar-refractivity contribution in [3.63, 3.8) is 0 Å². The van der Waals surface area contributed by atoms with E-state index in [4.69, 9.17) is 0 Å². The molecule has 3 heterocycles. The van der Waals surface area contributed by atoms with E-state index >= 15 is 0 Å². The molecular weight excluding hydrogens is 376 g/mol. The molecule has 0 spiro atoms. The smallest absolute Gasteiger partial charge is 0.321 e. The molecule has 1 N–H and O–H groups in total. The van der Waals surface area contributed by atoms with Crippen LogP contribution < -0.4 is 5.32 Å². The Hall–Kier alpha value is -2.89. The van der Waals surface area contributed by atoms with Gasteiger partial charge >= 0.3 is 6.03 Å². The van der Waals surface area contributed by atoms with Gasteiger partial charge in [0.25, 0.3) is 0 Å². The molecule has 158 valence electrons. The SMILES string of the molecule is CC[C@H](C)C(=O)N1CCC(c2ccc(NC(=O)N3CC(c4cccnc4)C3)cc2)C1. The zero-order valence-corrected chi connectivity index (χ0v) is 17.8. The monoisotopic (exact) mass is 406 g/mol. The van der Waals surface area contributed by atoms with Crippen LogP contribution in [0, 0.1) is 5.92 Å². The lowest BCUT2D eigenvalue weighted by Crippen LogP contribution is -2.50. The molecule has 0 aliphatic carbocycles. The lowest BCUT2D eigenvalue weighted by Gasteiger charge is -2.39. The van der Waals surface area contributed by atoms with Crippen LogP contribution in [0.15, 0.2) is 48.8 Å². The number of amides is 3. The Morgan fingerprint density at radius 2 is 1.80 bits per heavy atom. The fraction of sp³-hybridized carbons (Fsp3) is 0.458. The van der Waals surface area contributed by atoms with Gasteiger partial charge in [0.05, 0.1) is 0 Å². The molecule has 2 atom stereocenters. The van der Waals surface area contributed by atoms with Crippen LogP contribution in [0.2, 0.25) is 0 Å². The van der Waals surface area contributed by atoms with Crippen molar-refractivity contribution >= 4 is 17.6 Å². The third-order valence-corrected chi connectivity index (χ3v) is 6.49. The normalized spacial score (nSPS) is 20.0. The minimum Gasteiger partial charge on any atom is -0.342 e. The van der Waals surface area contributed by atoms with Gasteiger partial charge in [0.15, 0.2) is 0 Å². The number of nitrogens with zero attached hydrogens (tertiary/aromatic N) is 3. The van der Waals surface area contributed by atoms with Crippen LogP contribution >= 0.6 is 0 Å². The summed E-state index contributed by atoms with van der Waals surface area (Å²) in [5, 5.41) is 2.99. The van der Waals surface area contributed by atoms with E-state index in [-0.39, 0.29) is 17.9 Å². The third kappa shape index (κ3) is 4.32. The summed E-state index contributed by atoms with van der Waals surface area (Å²) < 4.78 is 0. The Balaban J connectivity index is 1.27. The van der Waals surface area contributed by atoms with E-state index in [1.807, 2.05) is 41.1 Å². The summed E-state index contributed by atoms with van der Waals surface area (Å²) in [6.45, 7) is 7.12. The minimum atomic E-state index is -0.0610. The maximum atomic E-state index is 12.5. The number of urea groups is 1. The molecule has 0 bridgehead atoms. The molecule has 6 nitrogen and oxygen atoms in total. The third-order valence-electron chi connectivity index (χ3n) is 6.49. The minimum absolute atomic E-state index is 0.0610. The highest BCUT2D eigenvalue weighted by molar-refractivity contribution is 5.90.